The van der Waals surface area contributed by atoms with Crippen LogP contribution in [0.4, 0.5) is 0 Å². The van der Waals surface area contributed by atoms with E-state index in [1.54, 1.807) is 11.3 Å². The zero-order chi connectivity index (χ0) is 13.7. The zero-order valence-electron chi connectivity index (χ0n) is 11.3. The summed E-state index contributed by atoms with van der Waals surface area (Å²) in [6.07, 6.45) is 2.88. The van der Waals surface area contributed by atoms with Crippen LogP contribution in [-0.4, -0.2) is 6.29 Å². The number of ether oxygens (including phenoxy) is 1. The molecule has 0 atom stereocenters. The molecule has 0 unspecified atom stereocenters. The summed E-state index contributed by atoms with van der Waals surface area (Å²) in [5.74, 6) is 0.873. The highest BCUT2D eigenvalue weighted by Gasteiger charge is 2.08. The van der Waals surface area contributed by atoms with Gasteiger partial charge in [-0.1, -0.05) is 26.0 Å². The standard InChI is InChI=1S/C16H18O2S/c1-3-12-5-7-14(8-6-12)18-11-13-9-15(10-17)19-16(13)4-2/h5-10H,3-4,11H2,1-2H3. The third-order valence-electron chi connectivity index (χ3n) is 3.08. The third kappa shape index (κ3) is 3.44. The molecule has 0 saturated heterocycles. The maximum absolute atomic E-state index is 10.8. The van der Waals surface area contributed by atoms with Gasteiger partial charge in [0.25, 0.3) is 0 Å². The van der Waals surface area contributed by atoms with E-state index in [1.165, 1.54) is 10.4 Å². The van der Waals surface area contributed by atoms with Crippen LogP contribution in [0.2, 0.25) is 0 Å². The Bertz CT molecular complexity index is 540. The van der Waals surface area contributed by atoms with Crippen LogP contribution < -0.4 is 4.74 Å². The van der Waals surface area contributed by atoms with Crippen molar-refractivity contribution in [3.63, 3.8) is 0 Å². The quantitative estimate of drug-likeness (QED) is 0.735. The SMILES string of the molecule is CCc1ccc(OCc2cc(C=O)sc2CC)cc1. The van der Waals surface area contributed by atoms with Gasteiger partial charge in [-0.15, -0.1) is 11.3 Å². The Kier molecular flexibility index (Phi) is 4.74. The van der Waals surface area contributed by atoms with Crippen LogP contribution in [0.3, 0.4) is 0 Å². The summed E-state index contributed by atoms with van der Waals surface area (Å²) in [7, 11) is 0. The van der Waals surface area contributed by atoms with Crippen LogP contribution in [-0.2, 0) is 19.4 Å². The fraction of sp³-hybridized carbons (Fsp3) is 0.312. The fourth-order valence-electron chi connectivity index (χ4n) is 1.95. The highest BCUT2D eigenvalue weighted by molar-refractivity contribution is 7.13. The first-order valence-electron chi connectivity index (χ1n) is 6.55. The van der Waals surface area contributed by atoms with Crippen LogP contribution in [0.1, 0.15) is 39.5 Å². The fourth-order valence-corrected chi connectivity index (χ4v) is 2.88. The highest BCUT2D eigenvalue weighted by atomic mass is 32.1. The summed E-state index contributed by atoms with van der Waals surface area (Å²) in [6, 6.07) is 10.1. The molecule has 0 N–H and O–H groups in total. The lowest BCUT2D eigenvalue weighted by atomic mass is 10.2. The van der Waals surface area contributed by atoms with Gasteiger partial charge in [-0.25, -0.2) is 0 Å². The number of aldehydes is 1. The van der Waals surface area contributed by atoms with Gasteiger partial charge in [0, 0.05) is 10.4 Å². The molecule has 3 heteroatoms. The molecule has 1 heterocycles. The number of benzene rings is 1. The molecule has 0 radical (unpaired) electrons. The monoisotopic (exact) mass is 274 g/mol. The second-order valence-corrected chi connectivity index (χ2v) is 5.52. The van der Waals surface area contributed by atoms with Gasteiger partial charge in [-0.3, -0.25) is 4.79 Å². The van der Waals surface area contributed by atoms with Crippen molar-refractivity contribution in [1.82, 2.24) is 0 Å². The Morgan fingerprint density at radius 1 is 1.16 bits per heavy atom. The maximum atomic E-state index is 10.8. The average molecular weight is 274 g/mol. The smallest absolute Gasteiger partial charge is 0.160 e. The van der Waals surface area contributed by atoms with Gasteiger partial charge in [-0.2, -0.15) is 0 Å². The summed E-state index contributed by atoms with van der Waals surface area (Å²) in [6.45, 7) is 4.76. The van der Waals surface area contributed by atoms with E-state index >= 15 is 0 Å². The minimum Gasteiger partial charge on any atom is -0.489 e. The summed E-state index contributed by atoms with van der Waals surface area (Å²) in [4.78, 5) is 12.8. The molecule has 0 aliphatic rings. The zero-order valence-corrected chi connectivity index (χ0v) is 12.1. The molecule has 0 aliphatic carbocycles. The Labute approximate surface area is 118 Å². The van der Waals surface area contributed by atoms with Crippen molar-refractivity contribution < 1.29 is 9.53 Å². The minimum atomic E-state index is 0.527. The predicted molar refractivity (Wildman–Crippen MR) is 79.2 cm³/mol. The topological polar surface area (TPSA) is 26.3 Å². The van der Waals surface area contributed by atoms with Crippen LogP contribution >= 0.6 is 11.3 Å². The molecular weight excluding hydrogens is 256 g/mol. The molecule has 2 rings (SSSR count). The number of hydrogen-bond donors (Lipinski definition) is 0. The second-order valence-electron chi connectivity index (χ2n) is 4.35. The van der Waals surface area contributed by atoms with E-state index in [4.69, 9.17) is 4.74 Å². The molecule has 1 aromatic heterocycles. The summed E-state index contributed by atoms with van der Waals surface area (Å²) in [5, 5.41) is 0. The lowest BCUT2D eigenvalue weighted by Crippen LogP contribution is -1.96. The molecule has 1 aromatic carbocycles. The van der Waals surface area contributed by atoms with Crippen molar-refractivity contribution in [2.75, 3.05) is 0 Å². The molecule has 100 valence electrons. The minimum absolute atomic E-state index is 0.527. The summed E-state index contributed by atoms with van der Waals surface area (Å²) in [5.41, 5.74) is 2.43. The Hall–Kier alpha value is -1.61. The first-order valence-corrected chi connectivity index (χ1v) is 7.37. The molecule has 0 fully saturated rings. The van der Waals surface area contributed by atoms with Gasteiger partial charge >= 0.3 is 0 Å². The van der Waals surface area contributed by atoms with Gasteiger partial charge < -0.3 is 4.74 Å². The normalized spacial score (nSPS) is 10.4. The van der Waals surface area contributed by atoms with Crippen molar-refractivity contribution in [1.29, 1.82) is 0 Å². The number of aryl methyl sites for hydroxylation is 2. The number of carbonyl (C=O) groups is 1. The second kappa shape index (κ2) is 6.53. The van der Waals surface area contributed by atoms with Crippen LogP contribution in [0.5, 0.6) is 5.75 Å². The van der Waals surface area contributed by atoms with Gasteiger partial charge in [-0.05, 0) is 36.6 Å². The van der Waals surface area contributed by atoms with Crippen LogP contribution in [0.25, 0.3) is 0 Å². The number of hydrogen-bond acceptors (Lipinski definition) is 3. The molecule has 2 nitrogen and oxygen atoms in total. The van der Waals surface area contributed by atoms with E-state index in [0.717, 1.165) is 35.3 Å². The molecule has 19 heavy (non-hydrogen) atoms. The van der Waals surface area contributed by atoms with E-state index in [2.05, 4.69) is 26.0 Å². The number of carbonyl (C=O) groups excluding carboxylic acids is 1. The van der Waals surface area contributed by atoms with E-state index < -0.39 is 0 Å². The Morgan fingerprint density at radius 2 is 1.89 bits per heavy atom. The van der Waals surface area contributed by atoms with Gasteiger partial charge in [0.1, 0.15) is 12.4 Å². The largest absolute Gasteiger partial charge is 0.489 e. The van der Waals surface area contributed by atoms with E-state index in [9.17, 15) is 4.79 Å². The lowest BCUT2D eigenvalue weighted by Gasteiger charge is -2.07. The molecule has 0 amide bonds. The Balaban J connectivity index is 2.04. The molecule has 0 saturated carbocycles. The van der Waals surface area contributed by atoms with Crippen LogP contribution in [0, 0.1) is 0 Å². The molecule has 0 spiro atoms. The van der Waals surface area contributed by atoms with E-state index in [-0.39, 0.29) is 0 Å². The average Bonchev–Trinajstić information content (AvgIpc) is 2.88. The van der Waals surface area contributed by atoms with E-state index in [0.29, 0.717) is 6.61 Å². The molecule has 0 aliphatic heterocycles. The van der Waals surface area contributed by atoms with Crippen molar-refractivity contribution in [2.24, 2.45) is 0 Å². The van der Waals surface area contributed by atoms with Gasteiger partial charge in [0.2, 0.25) is 0 Å². The summed E-state index contributed by atoms with van der Waals surface area (Å²) >= 11 is 1.55. The van der Waals surface area contributed by atoms with Gasteiger partial charge in [0.15, 0.2) is 6.29 Å². The maximum Gasteiger partial charge on any atom is 0.160 e. The number of rotatable bonds is 6. The lowest BCUT2D eigenvalue weighted by molar-refractivity contribution is 0.112. The third-order valence-corrected chi connectivity index (χ3v) is 4.33. The summed E-state index contributed by atoms with van der Waals surface area (Å²) < 4.78 is 5.78. The van der Waals surface area contributed by atoms with Crippen molar-refractivity contribution in [2.45, 2.75) is 33.3 Å². The van der Waals surface area contributed by atoms with Gasteiger partial charge in [0.05, 0.1) is 4.88 Å². The van der Waals surface area contributed by atoms with E-state index in [1.807, 2.05) is 18.2 Å². The Morgan fingerprint density at radius 3 is 2.47 bits per heavy atom. The van der Waals surface area contributed by atoms with Crippen LogP contribution in [0.15, 0.2) is 30.3 Å². The predicted octanol–water partition coefficient (Wildman–Crippen LogP) is 4.26. The van der Waals surface area contributed by atoms with Crippen molar-refractivity contribution >= 4 is 17.6 Å². The molecule has 0 bridgehead atoms. The first kappa shape index (κ1) is 13.8. The molecule has 2 aromatic rings. The highest BCUT2D eigenvalue weighted by Crippen LogP contribution is 2.23. The first-order chi connectivity index (χ1) is 9.26. The molecular formula is C16H18O2S. The number of thiophene rings is 1. The van der Waals surface area contributed by atoms with Crippen molar-refractivity contribution in [3.05, 3.63) is 51.2 Å². The van der Waals surface area contributed by atoms with Crippen molar-refractivity contribution in [3.8, 4) is 5.75 Å².